The molecule has 1 atom stereocenters. The highest BCUT2D eigenvalue weighted by atomic mass is 16.5. The number of hydrogen-bond acceptors (Lipinski definition) is 6. The minimum Gasteiger partial charge on any atom is -0.489 e. The van der Waals surface area contributed by atoms with Crippen molar-refractivity contribution in [1.82, 2.24) is 15.3 Å². The van der Waals surface area contributed by atoms with Crippen LogP contribution in [-0.4, -0.2) is 49.3 Å². The molecule has 176 valence electrons. The summed E-state index contributed by atoms with van der Waals surface area (Å²) >= 11 is 0. The highest BCUT2D eigenvalue weighted by molar-refractivity contribution is 5.90. The number of anilines is 2. The topological polar surface area (TPSA) is 62.3 Å². The Morgan fingerprint density at radius 1 is 0.970 bits per heavy atom. The normalized spacial score (nSPS) is 19.2. The molecule has 1 aromatic heterocycles. The predicted molar refractivity (Wildman–Crippen MR) is 137 cm³/mol. The lowest BCUT2D eigenvalue weighted by Gasteiger charge is -2.30. The van der Waals surface area contributed by atoms with Gasteiger partial charge < -0.3 is 20.3 Å². The Bertz CT molecular complexity index is 1000. The molecule has 1 heterocycles. The average Bonchev–Trinajstić information content (AvgIpc) is 2.84. The van der Waals surface area contributed by atoms with E-state index in [1.54, 1.807) is 0 Å². The smallest absolute Gasteiger partial charge is 0.225 e. The zero-order chi connectivity index (χ0) is 23.0. The molecule has 1 unspecified atom stereocenters. The number of nitrogens with one attached hydrogen (secondary N) is 2. The van der Waals surface area contributed by atoms with E-state index in [1.807, 2.05) is 56.6 Å². The number of benzene rings is 2. The lowest BCUT2D eigenvalue weighted by molar-refractivity contribution is 0.188. The van der Waals surface area contributed by atoms with Crippen LogP contribution in [-0.2, 0) is 0 Å². The number of hydrogen-bond donors (Lipinski definition) is 2. The first-order chi connectivity index (χ1) is 16.1. The maximum atomic E-state index is 6.10. The van der Waals surface area contributed by atoms with Crippen molar-refractivity contribution in [3.05, 3.63) is 54.6 Å². The molecular weight excluding hydrogens is 410 g/mol. The number of rotatable bonds is 10. The third-order valence-corrected chi connectivity index (χ3v) is 6.49. The van der Waals surface area contributed by atoms with Crippen molar-refractivity contribution < 1.29 is 4.74 Å². The molecule has 1 saturated carbocycles. The van der Waals surface area contributed by atoms with Crippen LogP contribution in [0.15, 0.2) is 54.6 Å². The molecule has 1 aliphatic rings. The fraction of sp³-hybridized carbons (Fsp3) is 0.481. The average molecular weight is 448 g/mol. The van der Waals surface area contributed by atoms with Gasteiger partial charge in [-0.1, -0.05) is 37.3 Å². The Balaban J connectivity index is 1.24. The summed E-state index contributed by atoms with van der Waals surface area (Å²) in [4.78, 5) is 11.6. The SMILES string of the molecule is CCC(CNC[C@H]1CC[C@@H](Nc2nc(N(C)C)c3ccccc3n2)CC1)Oc1ccccc1. The van der Waals surface area contributed by atoms with Crippen LogP contribution in [0.4, 0.5) is 11.8 Å². The van der Waals surface area contributed by atoms with Gasteiger partial charge in [-0.05, 0) is 68.8 Å². The molecule has 1 aliphatic carbocycles. The van der Waals surface area contributed by atoms with Gasteiger partial charge in [-0.25, -0.2) is 4.98 Å². The number of para-hydroxylation sites is 2. The van der Waals surface area contributed by atoms with E-state index in [1.165, 1.54) is 12.8 Å². The number of ether oxygens (including phenoxy) is 1. The van der Waals surface area contributed by atoms with E-state index in [4.69, 9.17) is 14.7 Å². The van der Waals surface area contributed by atoms with Crippen LogP contribution in [0.5, 0.6) is 5.75 Å². The summed E-state index contributed by atoms with van der Waals surface area (Å²) in [6.07, 6.45) is 5.94. The summed E-state index contributed by atoms with van der Waals surface area (Å²) in [5.74, 6) is 3.37. The van der Waals surface area contributed by atoms with Crippen molar-refractivity contribution in [3.8, 4) is 5.75 Å². The first-order valence-corrected chi connectivity index (χ1v) is 12.3. The lowest BCUT2D eigenvalue weighted by atomic mass is 9.86. The molecule has 0 aliphatic heterocycles. The molecule has 3 aromatic rings. The Morgan fingerprint density at radius 2 is 1.70 bits per heavy atom. The molecule has 0 amide bonds. The summed E-state index contributed by atoms with van der Waals surface area (Å²) < 4.78 is 6.10. The van der Waals surface area contributed by atoms with Crippen LogP contribution in [0.2, 0.25) is 0 Å². The van der Waals surface area contributed by atoms with Gasteiger partial charge in [0.15, 0.2) is 0 Å². The summed E-state index contributed by atoms with van der Waals surface area (Å²) in [6, 6.07) is 18.8. The van der Waals surface area contributed by atoms with Crippen LogP contribution in [0, 0.1) is 5.92 Å². The van der Waals surface area contributed by atoms with Gasteiger partial charge in [0.2, 0.25) is 5.95 Å². The van der Waals surface area contributed by atoms with E-state index in [9.17, 15) is 0 Å². The maximum Gasteiger partial charge on any atom is 0.225 e. The van der Waals surface area contributed by atoms with Crippen molar-refractivity contribution in [2.45, 2.75) is 51.2 Å². The molecule has 0 bridgehead atoms. The third-order valence-electron chi connectivity index (χ3n) is 6.49. The van der Waals surface area contributed by atoms with Gasteiger partial charge in [-0.2, -0.15) is 4.98 Å². The fourth-order valence-electron chi connectivity index (χ4n) is 4.57. The van der Waals surface area contributed by atoms with Gasteiger partial charge in [-0.3, -0.25) is 0 Å². The fourth-order valence-corrected chi connectivity index (χ4v) is 4.57. The second-order valence-electron chi connectivity index (χ2n) is 9.26. The molecule has 33 heavy (non-hydrogen) atoms. The molecule has 0 spiro atoms. The Labute approximate surface area is 197 Å². The molecule has 0 radical (unpaired) electrons. The first kappa shape index (κ1) is 23.3. The summed E-state index contributed by atoms with van der Waals surface area (Å²) in [5, 5.41) is 8.35. The van der Waals surface area contributed by atoms with E-state index in [2.05, 4.69) is 34.6 Å². The number of nitrogens with zero attached hydrogens (tertiary/aromatic N) is 3. The zero-order valence-corrected chi connectivity index (χ0v) is 20.1. The van der Waals surface area contributed by atoms with Gasteiger partial charge in [0.05, 0.1) is 5.52 Å². The zero-order valence-electron chi connectivity index (χ0n) is 20.1. The van der Waals surface area contributed by atoms with Crippen LogP contribution in [0.3, 0.4) is 0 Å². The van der Waals surface area contributed by atoms with Crippen molar-refractivity contribution in [3.63, 3.8) is 0 Å². The Kier molecular flexibility index (Phi) is 8.00. The third kappa shape index (κ3) is 6.35. The van der Waals surface area contributed by atoms with E-state index >= 15 is 0 Å². The van der Waals surface area contributed by atoms with Gasteiger partial charge in [0.25, 0.3) is 0 Å². The second-order valence-corrected chi connectivity index (χ2v) is 9.26. The second kappa shape index (κ2) is 11.3. The van der Waals surface area contributed by atoms with Gasteiger partial charge in [0.1, 0.15) is 17.7 Å². The predicted octanol–water partition coefficient (Wildman–Crippen LogP) is 5.11. The van der Waals surface area contributed by atoms with Crippen LogP contribution in [0.25, 0.3) is 10.9 Å². The van der Waals surface area contributed by atoms with Crippen molar-refractivity contribution in [2.75, 3.05) is 37.4 Å². The van der Waals surface area contributed by atoms with Crippen LogP contribution >= 0.6 is 0 Å². The van der Waals surface area contributed by atoms with Gasteiger partial charge >= 0.3 is 0 Å². The molecular formula is C27H37N5O. The van der Waals surface area contributed by atoms with Crippen LogP contribution in [0.1, 0.15) is 39.0 Å². The monoisotopic (exact) mass is 447 g/mol. The molecule has 6 heteroatoms. The molecule has 2 N–H and O–H groups in total. The van der Waals surface area contributed by atoms with E-state index in [-0.39, 0.29) is 6.10 Å². The van der Waals surface area contributed by atoms with Gasteiger partial charge in [-0.15, -0.1) is 0 Å². The lowest BCUT2D eigenvalue weighted by Crippen LogP contribution is -2.36. The quantitative estimate of drug-likeness (QED) is 0.450. The number of aromatic nitrogens is 2. The molecule has 0 saturated heterocycles. The van der Waals surface area contributed by atoms with E-state index in [0.29, 0.717) is 12.0 Å². The van der Waals surface area contributed by atoms with Crippen LogP contribution < -0.4 is 20.3 Å². The molecule has 2 aromatic carbocycles. The molecule has 4 rings (SSSR count). The number of fused-ring (bicyclic) bond motifs is 1. The first-order valence-electron chi connectivity index (χ1n) is 12.3. The highest BCUT2D eigenvalue weighted by Crippen LogP contribution is 2.28. The minimum absolute atomic E-state index is 0.210. The minimum atomic E-state index is 0.210. The Morgan fingerprint density at radius 3 is 2.42 bits per heavy atom. The van der Waals surface area contributed by atoms with E-state index < -0.39 is 0 Å². The van der Waals surface area contributed by atoms with Gasteiger partial charge in [0, 0.05) is 32.1 Å². The van der Waals surface area contributed by atoms with Crippen molar-refractivity contribution >= 4 is 22.7 Å². The largest absolute Gasteiger partial charge is 0.489 e. The highest BCUT2D eigenvalue weighted by Gasteiger charge is 2.22. The van der Waals surface area contributed by atoms with E-state index in [0.717, 1.165) is 60.8 Å². The summed E-state index contributed by atoms with van der Waals surface area (Å²) in [6.45, 7) is 4.13. The Hall–Kier alpha value is -2.86. The molecule has 1 fully saturated rings. The van der Waals surface area contributed by atoms with Crippen molar-refractivity contribution in [2.24, 2.45) is 5.92 Å². The summed E-state index contributed by atoms with van der Waals surface area (Å²) in [5.41, 5.74) is 0.986. The molecule has 6 nitrogen and oxygen atoms in total. The maximum absolute atomic E-state index is 6.10. The summed E-state index contributed by atoms with van der Waals surface area (Å²) in [7, 11) is 4.06. The van der Waals surface area contributed by atoms with Crippen molar-refractivity contribution in [1.29, 1.82) is 0 Å². The standard InChI is InChI=1S/C27H37N5O/c1-4-22(33-23-10-6-5-7-11-23)19-28-18-20-14-16-21(17-15-20)29-27-30-25-13-9-8-12-24(25)26(31-27)32(2)3/h5-13,20-22,28H,4,14-19H2,1-3H3,(H,29,30,31)/t20-,21+,22?.